The Morgan fingerprint density at radius 2 is 2.43 bits per heavy atom. The van der Waals surface area contributed by atoms with Crippen LogP contribution in [-0.2, 0) is 6.42 Å². The summed E-state index contributed by atoms with van der Waals surface area (Å²) in [6.45, 7) is 4.87. The van der Waals surface area contributed by atoms with E-state index in [0.29, 0.717) is 30.4 Å². The molecule has 0 radical (unpaired) electrons. The molecular weight excluding hydrogens is 266 g/mol. The molecule has 7 heteroatoms. The molecule has 1 fully saturated rings. The van der Waals surface area contributed by atoms with Crippen LogP contribution >= 0.6 is 0 Å². The van der Waals surface area contributed by atoms with Gasteiger partial charge in [0.15, 0.2) is 11.8 Å². The molecule has 1 aromatic rings. The van der Waals surface area contributed by atoms with E-state index < -0.39 is 0 Å². The van der Waals surface area contributed by atoms with Crippen LogP contribution in [0.4, 0.5) is 5.82 Å². The van der Waals surface area contributed by atoms with Crippen molar-refractivity contribution in [1.82, 2.24) is 15.1 Å². The number of aromatic amines is 1. The molecule has 0 saturated carbocycles. The monoisotopic (exact) mass is 289 g/mol. The number of guanidine groups is 1. The van der Waals surface area contributed by atoms with Gasteiger partial charge in [-0.2, -0.15) is 10.4 Å². The molecular formula is C14H23N7. The number of aromatic nitrogens is 2. The quantitative estimate of drug-likeness (QED) is 0.431. The standard InChI is InChI=1S/C14H23N7/c1-10-4-3-7-21(9-10)14(17)18-6-2-5-12-11(8-15)13(16)20-19-12/h10H,2-7,9H2,1H3,(H2,17,18)(H3,16,19,20). The van der Waals surface area contributed by atoms with Crippen molar-refractivity contribution in [3.8, 4) is 6.07 Å². The number of nitrogen functional groups attached to an aromatic ring is 1. The van der Waals surface area contributed by atoms with Gasteiger partial charge >= 0.3 is 0 Å². The van der Waals surface area contributed by atoms with Crippen LogP contribution in [0.15, 0.2) is 4.99 Å². The minimum Gasteiger partial charge on any atom is -0.381 e. The van der Waals surface area contributed by atoms with Gasteiger partial charge in [0, 0.05) is 19.6 Å². The van der Waals surface area contributed by atoms with Gasteiger partial charge in [-0.1, -0.05) is 6.92 Å². The van der Waals surface area contributed by atoms with E-state index in [-0.39, 0.29) is 5.82 Å². The smallest absolute Gasteiger partial charge is 0.191 e. The number of nitrogens with zero attached hydrogens (tertiary/aromatic N) is 4. The number of hydrogen-bond acceptors (Lipinski definition) is 4. The maximum atomic E-state index is 8.98. The SMILES string of the molecule is CC1CCCN(C(N)=NCCCc2[nH]nc(N)c2C#N)C1. The molecule has 0 bridgehead atoms. The number of nitrogens with two attached hydrogens (primary N) is 2. The molecule has 21 heavy (non-hydrogen) atoms. The van der Waals surface area contributed by atoms with Crippen molar-refractivity contribution in [3.05, 3.63) is 11.3 Å². The highest BCUT2D eigenvalue weighted by molar-refractivity contribution is 5.78. The average Bonchev–Trinajstić information content (AvgIpc) is 2.83. The average molecular weight is 289 g/mol. The van der Waals surface area contributed by atoms with Gasteiger partial charge in [-0.3, -0.25) is 10.1 Å². The molecule has 0 aromatic carbocycles. The first-order chi connectivity index (χ1) is 10.1. The minimum absolute atomic E-state index is 0.262. The number of rotatable bonds is 4. The summed E-state index contributed by atoms with van der Waals surface area (Å²) in [5, 5.41) is 15.6. The lowest BCUT2D eigenvalue weighted by Crippen LogP contribution is -2.43. The first kappa shape index (κ1) is 15.2. The molecule has 1 saturated heterocycles. The van der Waals surface area contributed by atoms with Crippen molar-refractivity contribution in [2.24, 2.45) is 16.6 Å². The number of nitriles is 1. The van der Waals surface area contributed by atoms with Crippen LogP contribution in [0, 0.1) is 17.2 Å². The summed E-state index contributed by atoms with van der Waals surface area (Å²) in [7, 11) is 0. The Balaban J connectivity index is 1.80. The molecule has 114 valence electrons. The van der Waals surface area contributed by atoms with Crippen LogP contribution in [-0.4, -0.2) is 40.7 Å². The maximum Gasteiger partial charge on any atom is 0.191 e. The second kappa shape index (κ2) is 6.97. The van der Waals surface area contributed by atoms with E-state index in [1.54, 1.807) is 0 Å². The molecule has 1 unspecified atom stereocenters. The Labute approximate surface area is 125 Å². The van der Waals surface area contributed by atoms with Crippen LogP contribution in [0.5, 0.6) is 0 Å². The molecule has 1 aliphatic heterocycles. The first-order valence-electron chi connectivity index (χ1n) is 7.39. The molecule has 1 aromatic heterocycles. The lowest BCUT2D eigenvalue weighted by Gasteiger charge is -2.31. The Kier molecular flexibility index (Phi) is 5.04. The third kappa shape index (κ3) is 3.88. The van der Waals surface area contributed by atoms with Crippen molar-refractivity contribution in [2.75, 3.05) is 25.4 Å². The van der Waals surface area contributed by atoms with Crippen LogP contribution < -0.4 is 11.5 Å². The zero-order valence-electron chi connectivity index (χ0n) is 12.5. The number of piperidine rings is 1. The normalized spacial score (nSPS) is 19.5. The zero-order chi connectivity index (χ0) is 15.2. The predicted octanol–water partition coefficient (Wildman–Crippen LogP) is 0.843. The van der Waals surface area contributed by atoms with E-state index in [0.717, 1.165) is 25.2 Å². The Bertz CT molecular complexity index is 540. The van der Waals surface area contributed by atoms with E-state index in [9.17, 15) is 0 Å². The topological polar surface area (TPSA) is 120 Å². The summed E-state index contributed by atoms with van der Waals surface area (Å²) >= 11 is 0. The summed E-state index contributed by atoms with van der Waals surface area (Å²) in [5.74, 6) is 1.57. The Morgan fingerprint density at radius 3 is 3.14 bits per heavy atom. The minimum atomic E-state index is 0.262. The highest BCUT2D eigenvalue weighted by Gasteiger charge is 2.17. The Morgan fingerprint density at radius 1 is 1.62 bits per heavy atom. The summed E-state index contributed by atoms with van der Waals surface area (Å²) < 4.78 is 0. The van der Waals surface area contributed by atoms with E-state index >= 15 is 0 Å². The van der Waals surface area contributed by atoms with E-state index in [1.807, 2.05) is 0 Å². The molecule has 0 spiro atoms. The molecule has 2 heterocycles. The van der Waals surface area contributed by atoms with E-state index in [1.165, 1.54) is 12.8 Å². The number of nitrogens with one attached hydrogen (secondary N) is 1. The second-order valence-electron chi connectivity index (χ2n) is 5.61. The van der Waals surface area contributed by atoms with Gasteiger partial charge in [0.25, 0.3) is 0 Å². The van der Waals surface area contributed by atoms with Crippen LogP contribution in [0.25, 0.3) is 0 Å². The molecule has 7 nitrogen and oxygen atoms in total. The number of likely N-dealkylation sites (tertiary alicyclic amines) is 1. The molecule has 5 N–H and O–H groups in total. The number of aryl methyl sites for hydroxylation is 1. The third-order valence-electron chi connectivity index (χ3n) is 3.82. The first-order valence-corrected chi connectivity index (χ1v) is 7.39. The molecule has 1 aliphatic rings. The summed E-state index contributed by atoms with van der Waals surface area (Å²) in [5.41, 5.74) is 12.8. The van der Waals surface area contributed by atoms with Gasteiger partial charge in [0.05, 0.1) is 5.69 Å². The zero-order valence-corrected chi connectivity index (χ0v) is 12.5. The Hall–Kier alpha value is -2.23. The summed E-state index contributed by atoms with van der Waals surface area (Å²) in [6, 6.07) is 2.06. The van der Waals surface area contributed by atoms with Gasteiger partial charge in [0.2, 0.25) is 0 Å². The van der Waals surface area contributed by atoms with Gasteiger partial charge in [-0.05, 0) is 31.6 Å². The molecule has 0 amide bonds. The van der Waals surface area contributed by atoms with Crippen molar-refractivity contribution >= 4 is 11.8 Å². The van der Waals surface area contributed by atoms with Crippen LogP contribution in [0.3, 0.4) is 0 Å². The van der Waals surface area contributed by atoms with Crippen molar-refractivity contribution in [3.63, 3.8) is 0 Å². The van der Waals surface area contributed by atoms with Crippen LogP contribution in [0.2, 0.25) is 0 Å². The van der Waals surface area contributed by atoms with Gasteiger partial charge in [0.1, 0.15) is 11.6 Å². The van der Waals surface area contributed by atoms with E-state index in [2.05, 4.69) is 33.1 Å². The maximum absolute atomic E-state index is 8.98. The number of aliphatic imine (C=N–C) groups is 1. The largest absolute Gasteiger partial charge is 0.381 e. The van der Waals surface area contributed by atoms with Crippen molar-refractivity contribution < 1.29 is 0 Å². The predicted molar refractivity (Wildman–Crippen MR) is 82.5 cm³/mol. The number of anilines is 1. The number of hydrogen-bond donors (Lipinski definition) is 3. The molecule has 1 atom stereocenters. The molecule has 2 rings (SSSR count). The summed E-state index contributed by atoms with van der Waals surface area (Å²) in [4.78, 5) is 6.59. The highest BCUT2D eigenvalue weighted by atomic mass is 15.3. The number of H-pyrrole nitrogens is 1. The fourth-order valence-corrected chi connectivity index (χ4v) is 2.65. The second-order valence-corrected chi connectivity index (χ2v) is 5.61. The van der Waals surface area contributed by atoms with Crippen molar-refractivity contribution in [2.45, 2.75) is 32.6 Å². The van der Waals surface area contributed by atoms with Gasteiger partial charge in [-0.15, -0.1) is 0 Å². The fraction of sp³-hybridized carbons (Fsp3) is 0.643. The highest BCUT2D eigenvalue weighted by Crippen LogP contribution is 2.15. The van der Waals surface area contributed by atoms with Gasteiger partial charge in [-0.25, -0.2) is 0 Å². The van der Waals surface area contributed by atoms with Crippen LogP contribution in [0.1, 0.15) is 37.4 Å². The fourth-order valence-electron chi connectivity index (χ4n) is 2.65. The third-order valence-corrected chi connectivity index (χ3v) is 3.82. The lowest BCUT2D eigenvalue weighted by molar-refractivity contribution is 0.270. The summed E-state index contributed by atoms with van der Waals surface area (Å²) in [6.07, 6.45) is 3.94. The van der Waals surface area contributed by atoms with Crippen molar-refractivity contribution in [1.29, 1.82) is 5.26 Å². The molecule has 0 aliphatic carbocycles. The lowest BCUT2D eigenvalue weighted by atomic mass is 10.0. The van der Waals surface area contributed by atoms with E-state index in [4.69, 9.17) is 16.7 Å². The van der Waals surface area contributed by atoms with Gasteiger partial charge < -0.3 is 16.4 Å².